The minimum Gasteiger partial charge on any atom is -0.390 e. The average Bonchev–Trinajstić information content (AvgIpc) is 3.32. The monoisotopic (exact) mass is 409 g/mol. The zero-order valence-electron chi connectivity index (χ0n) is 16.5. The van der Waals surface area contributed by atoms with Gasteiger partial charge >= 0.3 is 0 Å². The van der Waals surface area contributed by atoms with Crippen LogP contribution in [0.4, 0.5) is 5.82 Å². The van der Waals surface area contributed by atoms with Crippen molar-refractivity contribution in [3.05, 3.63) is 35.3 Å². The molecule has 0 atom stereocenters. The predicted molar refractivity (Wildman–Crippen MR) is 116 cm³/mol. The third kappa shape index (κ3) is 3.59. The molecule has 0 radical (unpaired) electrons. The first-order valence-electron chi connectivity index (χ1n) is 9.76. The molecule has 0 unspecified atom stereocenters. The molecule has 150 valence electrons. The van der Waals surface area contributed by atoms with Crippen molar-refractivity contribution in [2.24, 2.45) is 0 Å². The summed E-state index contributed by atoms with van der Waals surface area (Å²) < 4.78 is 6.60. The van der Waals surface area contributed by atoms with Crippen molar-refractivity contribution >= 4 is 38.3 Å². The van der Waals surface area contributed by atoms with Crippen LogP contribution in [0.25, 0.3) is 32.5 Å². The van der Waals surface area contributed by atoms with Gasteiger partial charge in [0.25, 0.3) is 0 Å². The molecule has 2 N–H and O–H groups in total. The Labute approximate surface area is 172 Å². The van der Waals surface area contributed by atoms with Crippen molar-refractivity contribution in [3.63, 3.8) is 0 Å². The summed E-state index contributed by atoms with van der Waals surface area (Å²) in [6, 6.07) is 8.11. The summed E-state index contributed by atoms with van der Waals surface area (Å²) >= 11 is 1.67. The summed E-state index contributed by atoms with van der Waals surface area (Å²) in [5, 5.41) is 18.5. The van der Waals surface area contributed by atoms with Crippen LogP contribution in [-0.2, 0) is 11.2 Å². The van der Waals surface area contributed by atoms with Gasteiger partial charge in [-0.15, -0.1) is 11.3 Å². The standard InChI is InChI=1S/C21H23N5O2S/c1-21(2,27)11-13-10-17-18(29-13)20(26-6-8-28-9-7-26)24-19(23-17)14-4-3-5-16-15(14)12-22-25-16/h3-5,10,12,27H,6-9,11H2,1-2H3,(H,22,25). The van der Waals surface area contributed by atoms with Crippen LogP contribution in [0.1, 0.15) is 18.7 Å². The molecule has 1 aliphatic rings. The van der Waals surface area contributed by atoms with Crippen molar-refractivity contribution < 1.29 is 9.84 Å². The summed E-state index contributed by atoms with van der Waals surface area (Å²) in [6.45, 7) is 6.66. The minimum absolute atomic E-state index is 0.587. The second-order valence-corrected chi connectivity index (χ2v) is 9.16. The van der Waals surface area contributed by atoms with Crippen LogP contribution in [0.2, 0.25) is 0 Å². The van der Waals surface area contributed by atoms with E-state index in [0.717, 1.165) is 50.5 Å². The Kier molecular flexibility index (Phi) is 4.49. The topological polar surface area (TPSA) is 87.2 Å². The van der Waals surface area contributed by atoms with Crippen LogP contribution in [-0.4, -0.2) is 57.2 Å². The summed E-state index contributed by atoms with van der Waals surface area (Å²) in [5.41, 5.74) is 2.08. The number of aliphatic hydroxyl groups is 1. The molecule has 1 fully saturated rings. The van der Waals surface area contributed by atoms with Gasteiger partial charge in [-0.3, -0.25) is 5.10 Å². The van der Waals surface area contributed by atoms with Gasteiger partial charge in [0.15, 0.2) is 11.6 Å². The van der Waals surface area contributed by atoms with Gasteiger partial charge in [0.05, 0.1) is 40.7 Å². The molecule has 1 saturated heterocycles. The molecule has 1 aliphatic heterocycles. The normalized spacial score (nSPS) is 15.5. The summed E-state index contributed by atoms with van der Waals surface area (Å²) in [7, 11) is 0. The van der Waals surface area contributed by atoms with E-state index in [1.165, 1.54) is 0 Å². The van der Waals surface area contributed by atoms with Gasteiger partial charge in [-0.1, -0.05) is 12.1 Å². The Morgan fingerprint density at radius 2 is 2.07 bits per heavy atom. The van der Waals surface area contributed by atoms with Crippen molar-refractivity contribution in [2.45, 2.75) is 25.9 Å². The van der Waals surface area contributed by atoms with E-state index in [1.807, 2.05) is 38.2 Å². The molecule has 8 heteroatoms. The van der Waals surface area contributed by atoms with Gasteiger partial charge in [-0.25, -0.2) is 9.97 Å². The lowest BCUT2D eigenvalue weighted by Crippen LogP contribution is -2.36. The smallest absolute Gasteiger partial charge is 0.162 e. The Bertz CT molecular complexity index is 1170. The molecule has 0 spiro atoms. The highest BCUT2D eigenvalue weighted by Gasteiger charge is 2.22. The number of nitrogens with zero attached hydrogens (tertiary/aromatic N) is 4. The number of morpholine rings is 1. The van der Waals surface area contributed by atoms with Crippen molar-refractivity contribution in [2.75, 3.05) is 31.2 Å². The van der Waals surface area contributed by atoms with Gasteiger partial charge in [0.2, 0.25) is 0 Å². The van der Waals surface area contributed by atoms with Crippen molar-refractivity contribution in [1.82, 2.24) is 20.2 Å². The number of aromatic amines is 1. The van der Waals surface area contributed by atoms with E-state index in [9.17, 15) is 5.11 Å². The highest BCUT2D eigenvalue weighted by molar-refractivity contribution is 7.19. The maximum absolute atomic E-state index is 10.3. The van der Waals surface area contributed by atoms with Crippen LogP contribution in [0.3, 0.4) is 0 Å². The van der Waals surface area contributed by atoms with Crippen LogP contribution >= 0.6 is 11.3 Å². The highest BCUT2D eigenvalue weighted by atomic mass is 32.1. The number of thiophene rings is 1. The maximum Gasteiger partial charge on any atom is 0.162 e. The number of nitrogens with one attached hydrogen (secondary N) is 1. The number of ether oxygens (including phenoxy) is 1. The average molecular weight is 410 g/mol. The zero-order chi connectivity index (χ0) is 20.0. The molecule has 0 amide bonds. The number of fused-ring (bicyclic) bond motifs is 2. The van der Waals surface area contributed by atoms with Crippen LogP contribution in [0.15, 0.2) is 30.5 Å². The van der Waals surface area contributed by atoms with E-state index in [2.05, 4.69) is 21.2 Å². The highest BCUT2D eigenvalue weighted by Crippen LogP contribution is 2.36. The molecule has 7 nitrogen and oxygen atoms in total. The number of rotatable bonds is 4. The quantitative estimate of drug-likeness (QED) is 0.537. The second kappa shape index (κ2) is 7.05. The number of hydrogen-bond acceptors (Lipinski definition) is 7. The number of benzene rings is 1. The molecule has 0 bridgehead atoms. The predicted octanol–water partition coefficient (Wildman–Crippen LogP) is 3.38. The first kappa shape index (κ1) is 18.5. The molecule has 3 aromatic heterocycles. The maximum atomic E-state index is 10.3. The third-order valence-corrected chi connectivity index (χ3v) is 6.17. The summed E-state index contributed by atoms with van der Waals surface area (Å²) in [4.78, 5) is 13.3. The van der Waals surface area contributed by atoms with Gasteiger partial charge in [-0.2, -0.15) is 5.10 Å². The Balaban J connectivity index is 1.69. The fraction of sp³-hybridized carbons (Fsp3) is 0.381. The number of anilines is 1. The Hall–Kier alpha value is -2.55. The number of aromatic nitrogens is 4. The first-order chi connectivity index (χ1) is 14.0. The lowest BCUT2D eigenvalue weighted by atomic mass is 10.0. The molecule has 4 aromatic rings. The van der Waals surface area contributed by atoms with Crippen molar-refractivity contribution in [1.29, 1.82) is 0 Å². The van der Waals surface area contributed by atoms with Gasteiger partial charge < -0.3 is 14.7 Å². The minimum atomic E-state index is -0.765. The van der Waals surface area contributed by atoms with E-state index in [4.69, 9.17) is 14.7 Å². The lowest BCUT2D eigenvalue weighted by Gasteiger charge is -2.28. The molecule has 29 heavy (non-hydrogen) atoms. The SMILES string of the molecule is CC(C)(O)Cc1cc2nc(-c3cccc4[nH]ncc34)nc(N3CCOCC3)c2s1. The molecule has 1 aromatic carbocycles. The van der Waals surface area contributed by atoms with E-state index in [-0.39, 0.29) is 0 Å². The summed E-state index contributed by atoms with van der Waals surface area (Å²) in [6.07, 6.45) is 2.41. The lowest BCUT2D eigenvalue weighted by molar-refractivity contribution is 0.0819. The van der Waals surface area contributed by atoms with E-state index in [0.29, 0.717) is 25.5 Å². The number of hydrogen-bond donors (Lipinski definition) is 2. The molecule has 0 aliphatic carbocycles. The Morgan fingerprint density at radius 1 is 1.24 bits per heavy atom. The van der Waals surface area contributed by atoms with Crippen molar-refractivity contribution in [3.8, 4) is 11.4 Å². The van der Waals surface area contributed by atoms with Gasteiger partial charge in [-0.05, 0) is 26.0 Å². The second-order valence-electron chi connectivity index (χ2n) is 8.02. The van der Waals surface area contributed by atoms with E-state index < -0.39 is 5.60 Å². The van der Waals surface area contributed by atoms with Crippen LogP contribution < -0.4 is 4.90 Å². The van der Waals surface area contributed by atoms with Crippen LogP contribution in [0, 0.1) is 0 Å². The van der Waals surface area contributed by atoms with Gasteiger partial charge in [0.1, 0.15) is 0 Å². The first-order valence-corrected chi connectivity index (χ1v) is 10.6. The number of H-pyrrole nitrogens is 1. The van der Waals surface area contributed by atoms with E-state index >= 15 is 0 Å². The fourth-order valence-electron chi connectivity index (χ4n) is 3.75. The third-order valence-electron chi connectivity index (χ3n) is 5.05. The fourth-order valence-corrected chi connectivity index (χ4v) is 5.08. The molecule has 0 saturated carbocycles. The largest absolute Gasteiger partial charge is 0.390 e. The van der Waals surface area contributed by atoms with Crippen LogP contribution in [0.5, 0.6) is 0 Å². The molecular weight excluding hydrogens is 386 g/mol. The summed E-state index contributed by atoms with van der Waals surface area (Å²) in [5.74, 6) is 1.64. The molecular formula is C21H23N5O2S. The van der Waals surface area contributed by atoms with E-state index in [1.54, 1.807) is 11.3 Å². The molecule has 5 rings (SSSR count). The van der Waals surface area contributed by atoms with Gasteiger partial charge in [0, 0.05) is 35.3 Å². The molecule has 4 heterocycles. The Morgan fingerprint density at radius 3 is 2.86 bits per heavy atom. The zero-order valence-corrected chi connectivity index (χ0v) is 17.3.